The number of hydrogen-bond donors (Lipinski definition) is 1. The van der Waals surface area contributed by atoms with Gasteiger partial charge in [-0.2, -0.15) is 0 Å². The monoisotopic (exact) mass is 250 g/mol. The lowest BCUT2D eigenvalue weighted by Crippen LogP contribution is -2.46. The van der Waals surface area contributed by atoms with Gasteiger partial charge in [0.15, 0.2) is 0 Å². The van der Waals surface area contributed by atoms with E-state index in [9.17, 15) is 9.59 Å². The molecule has 3 fully saturated rings. The van der Waals surface area contributed by atoms with Crippen LogP contribution in [0.2, 0.25) is 0 Å². The summed E-state index contributed by atoms with van der Waals surface area (Å²) in [6, 6.07) is 0.266. The molecule has 0 spiro atoms. The van der Waals surface area contributed by atoms with Crippen molar-refractivity contribution in [2.24, 2.45) is 23.5 Å². The number of carbonyl (C=O) groups is 2. The summed E-state index contributed by atoms with van der Waals surface area (Å²) in [5.74, 6) is 1.61. The third kappa shape index (κ3) is 2.25. The predicted octanol–water partition coefficient (Wildman–Crippen LogP) is 1.29. The molecular weight excluding hydrogens is 228 g/mol. The van der Waals surface area contributed by atoms with E-state index in [1.165, 1.54) is 19.3 Å². The lowest BCUT2D eigenvalue weighted by atomic mass is 10.0. The van der Waals surface area contributed by atoms with Crippen molar-refractivity contribution in [1.82, 2.24) is 4.90 Å². The quantitative estimate of drug-likeness (QED) is 0.817. The smallest absolute Gasteiger partial charge is 0.237 e. The molecule has 0 saturated heterocycles. The Balaban J connectivity index is 1.66. The SMILES string of the molecule is NC(=O)CN(C(=O)C1CC2CC2C1)C1CCCC1. The fourth-order valence-electron chi connectivity index (χ4n) is 3.92. The summed E-state index contributed by atoms with van der Waals surface area (Å²) in [6.07, 6.45) is 7.84. The van der Waals surface area contributed by atoms with E-state index in [-0.39, 0.29) is 30.3 Å². The van der Waals surface area contributed by atoms with Gasteiger partial charge < -0.3 is 10.6 Å². The van der Waals surface area contributed by atoms with Gasteiger partial charge in [-0.3, -0.25) is 9.59 Å². The third-order valence-corrected chi connectivity index (χ3v) is 4.97. The van der Waals surface area contributed by atoms with Gasteiger partial charge in [-0.25, -0.2) is 0 Å². The van der Waals surface area contributed by atoms with Crippen molar-refractivity contribution in [1.29, 1.82) is 0 Å². The summed E-state index contributed by atoms with van der Waals surface area (Å²) in [5.41, 5.74) is 5.30. The van der Waals surface area contributed by atoms with Crippen molar-refractivity contribution in [3.8, 4) is 0 Å². The zero-order valence-corrected chi connectivity index (χ0v) is 10.8. The minimum absolute atomic E-state index is 0.120. The Kier molecular flexibility index (Phi) is 3.04. The van der Waals surface area contributed by atoms with Crippen LogP contribution in [-0.4, -0.2) is 29.3 Å². The molecule has 0 heterocycles. The lowest BCUT2D eigenvalue weighted by Gasteiger charge is -2.30. The highest BCUT2D eigenvalue weighted by atomic mass is 16.2. The molecule has 4 heteroatoms. The average molecular weight is 250 g/mol. The summed E-state index contributed by atoms with van der Waals surface area (Å²) in [4.78, 5) is 25.5. The summed E-state index contributed by atoms with van der Waals surface area (Å²) in [6.45, 7) is 0.120. The van der Waals surface area contributed by atoms with Crippen LogP contribution >= 0.6 is 0 Å². The lowest BCUT2D eigenvalue weighted by molar-refractivity contribution is -0.141. The zero-order chi connectivity index (χ0) is 12.7. The van der Waals surface area contributed by atoms with Crippen molar-refractivity contribution in [3.63, 3.8) is 0 Å². The van der Waals surface area contributed by atoms with Crippen molar-refractivity contribution >= 4 is 11.8 Å². The summed E-state index contributed by atoms with van der Waals surface area (Å²) in [7, 11) is 0. The summed E-state index contributed by atoms with van der Waals surface area (Å²) in [5, 5.41) is 0. The molecule has 3 aliphatic carbocycles. The Morgan fingerprint density at radius 2 is 1.67 bits per heavy atom. The van der Waals surface area contributed by atoms with Crippen LogP contribution < -0.4 is 5.73 Å². The van der Waals surface area contributed by atoms with E-state index in [4.69, 9.17) is 5.73 Å². The number of fused-ring (bicyclic) bond motifs is 1. The molecule has 2 unspecified atom stereocenters. The highest BCUT2D eigenvalue weighted by molar-refractivity contribution is 5.85. The number of amides is 2. The molecule has 3 rings (SSSR count). The minimum Gasteiger partial charge on any atom is -0.368 e. The van der Waals surface area contributed by atoms with Crippen LogP contribution in [0.5, 0.6) is 0 Å². The van der Waals surface area contributed by atoms with E-state index >= 15 is 0 Å². The largest absolute Gasteiger partial charge is 0.368 e. The maximum Gasteiger partial charge on any atom is 0.237 e. The second-order valence-corrected chi connectivity index (χ2v) is 6.29. The van der Waals surface area contributed by atoms with Gasteiger partial charge in [-0.05, 0) is 43.9 Å². The normalized spacial score (nSPS) is 34.3. The topological polar surface area (TPSA) is 63.4 Å². The van der Waals surface area contributed by atoms with Crippen LogP contribution in [0.4, 0.5) is 0 Å². The molecule has 3 aliphatic rings. The zero-order valence-electron chi connectivity index (χ0n) is 10.8. The first-order valence-electron chi connectivity index (χ1n) is 7.24. The molecule has 0 bridgehead atoms. The second kappa shape index (κ2) is 4.56. The Bertz CT molecular complexity index is 353. The van der Waals surface area contributed by atoms with Gasteiger partial charge in [0.2, 0.25) is 11.8 Å². The van der Waals surface area contributed by atoms with E-state index in [0.29, 0.717) is 0 Å². The highest BCUT2D eigenvalue weighted by Gasteiger charge is 2.49. The number of hydrogen-bond acceptors (Lipinski definition) is 2. The Hall–Kier alpha value is -1.06. The molecule has 100 valence electrons. The Labute approximate surface area is 108 Å². The van der Waals surface area contributed by atoms with Gasteiger partial charge in [-0.1, -0.05) is 12.8 Å². The molecule has 2 atom stereocenters. The number of primary amides is 1. The van der Waals surface area contributed by atoms with Crippen molar-refractivity contribution in [2.75, 3.05) is 6.54 Å². The maximum atomic E-state index is 12.6. The van der Waals surface area contributed by atoms with Crippen LogP contribution in [0.25, 0.3) is 0 Å². The standard InChI is InChI=1S/C14H22N2O2/c15-13(17)8-16(12-3-1-2-4-12)14(18)11-6-9-5-10(9)7-11/h9-12H,1-8H2,(H2,15,17). The summed E-state index contributed by atoms with van der Waals surface area (Å²) >= 11 is 0. The molecule has 3 saturated carbocycles. The van der Waals surface area contributed by atoms with Gasteiger partial charge in [-0.15, -0.1) is 0 Å². The van der Waals surface area contributed by atoms with Crippen molar-refractivity contribution in [2.45, 2.75) is 51.0 Å². The van der Waals surface area contributed by atoms with E-state index in [0.717, 1.165) is 37.5 Å². The molecule has 2 N–H and O–H groups in total. The first-order chi connectivity index (χ1) is 8.65. The second-order valence-electron chi connectivity index (χ2n) is 6.29. The number of nitrogens with two attached hydrogens (primary N) is 1. The van der Waals surface area contributed by atoms with Crippen LogP contribution in [0.1, 0.15) is 44.9 Å². The first-order valence-corrected chi connectivity index (χ1v) is 7.24. The van der Waals surface area contributed by atoms with E-state index in [2.05, 4.69) is 0 Å². The van der Waals surface area contributed by atoms with E-state index < -0.39 is 0 Å². The van der Waals surface area contributed by atoms with Crippen LogP contribution in [0, 0.1) is 17.8 Å². The molecule has 0 aromatic carbocycles. The number of carbonyl (C=O) groups excluding carboxylic acids is 2. The third-order valence-electron chi connectivity index (χ3n) is 4.97. The van der Waals surface area contributed by atoms with Gasteiger partial charge in [0, 0.05) is 12.0 Å². The molecule has 4 nitrogen and oxygen atoms in total. The van der Waals surface area contributed by atoms with Crippen LogP contribution in [0.3, 0.4) is 0 Å². The molecule has 18 heavy (non-hydrogen) atoms. The van der Waals surface area contributed by atoms with E-state index in [1.54, 1.807) is 4.90 Å². The molecule has 0 radical (unpaired) electrons. The number of nitrogens with zero attached hydrogens (tertiary/aromatic N) is 1. The highest BCUT2D eigenvalue weighted by Crippen LogP contribution is 2.54. The maximum absolute atomic E-state index is 12.6. The minimum atomic E-state index is -0.376. The van der Waals surface area contributed by atoms with Crippen LogP contribution in [0.15, 0.2) is 0 Å². The van der Waals surface area contributed by atoms with Crippen molar-refractivity contribution in [3.05, 3.63) is 0 Å². The van der Waals surface area contributed by atoms with E-state index in [1.807, 2.05) is 0 Å². The Morgan fingerprint density at radius 1 is 1.06 bits per heavy atom. The molecule has 0 aliphatic heterocycles. The fraction of sp³-hybridized carbons (Fsp3) is 0.857. The molecular formula is C14H22N2O2. The fourth-order valence-corrected chi connectivity index (χ4v) is 3.92. The predicted molar refractivity (Wildman–Crippen MR) is 67.5 cm³/mol. The van der Waals surface area contributed by atoms with Gasteiger partial charge >= 0.3 is 0 Å². The Morgan fingerprint density at radius 3 is 2.22 bits per heavy atom. The van der Waals surface area contributed by atoms with Gasteiger partial charge in [0.05, 0.1) is 6.54 Å². The van der Waals surface area contributed by atoms with Crippen molar-refractivity contribution < 1.29 is 9.59 Å². The van der Waals surface area contributed by atoms with Crippen LogP contribution in [-0.2, 0) is 9.59 Å². The summed E-state index contributed by atoms with van der Waals surface area (Å²) < 4.78 is 0. The molecule has 0 aromatic rings. The number of rotatable bonds is 4. The van der Waals surface area contributed by atoms with Gasteiger partial charge in [0.25, 0.3) is 0 Å². The first kappa shape index (κ1) is 12.0. The molecule has 0 aromatic heterocycles. The van der Waals surface area contributed by atoms with Gasteiger partial charge in [0.1, 0.15) is 0 Å². The average Bonchev–Trinajstić information content (AvgIpc) is 2.82. The molecule has 2 amide bonds.